The largest absolute Gasteiger partial charge is 0.508 e. The Kier molecular flexibility index (Phi) is 15.5. The third-order valence-electron chi connectivity index (χ3n) is 13.7. The highest BCUT2D eigenvalue weighted by molar-refractivity contribution is 6.23. The van der Waals surface area contributed by atoms with Gasteiger partial charge >= 0.3 is 11.8 Å². The highest BCUT2D eigenvalue weighted by Gasteiger charge is 2.50. The first-order chi connectivity index (χ1) is 32.0. The lowest BCUT2D eigenvalue weighted by Crippen LogP contribution is -2.54. The van der Waals surface area contributed by atoms with Gasteiger partial charge in [-0.1, -0.05) is 64.1 Å². The smallest absolute Gasteiger partial charge is 0.312 e. The Morgan fingerprint density at radius 3 is 2.21 bits per heavy atom. The van der Waals surface area contributed by atoms with Crippen LogP contribution < -0.4 is 10.1 Å². The molecule has 3 aromatic carbocycles. The van der Waals surface area contributed by atoms with Gasteiger partial charge in [0.25, 0.3) is 11.7 Å². The van der Waals surface area contributed by atoms with Crippen LogP contribution in [0.1, 0.15) is 89.4 Å². The molecule has 11 unspecified atom stereocenters. The maximum atomic E-state index is 14.6. The molecule has 368 valence electrons. The Balaban J connectivity index is 1.48. The first-order valence-electron chi connectivity index (χ1n) is 22.9. The number of amides is 1. The van der Waals surface area contributed by atoms with Crippen LogP contribution in [0.25, 0.3) is 10.8 Å². The molecule has 4 aliphatic rings. The number of ketones is 1. The standard InChI is InChI=1S/C51H66N4O13/c1-25-15-14-16-26(2)50(64)53-41-35(21-52-55-27(3)22-54(23-28(55)4)24-34-17-12-13-18-36(34)57)45(61)38-39(46(41)62)44(60)32(8)48-40(38)49(63)51(10,68-48)66-20-19-37(65-11)29(5)47(67-33(9)56)31(7)43(59)30(6)42(25)58/h12-21,25,27-31,37,42-43,47,57-62H,22-24H2,1-11H3,(H,53,64)/b15-14?,20-19?,26-16?,52-21+. The van der Waals surface area contributed by atoms with Crippen LogP contribution in [0.2, 0.25) is 0 Å². The van der Waals surface area contributed by atoms with Crippen molar-refractivity contribution in [2.24, 2.45) is 28.8 Å². The number of benzene rings is 3. The number of anilines is 1. The number of allylic oxidation sites excluding steroid dienone is 2. The second kappa shape index (κ2) is 20.6. The van der Waals surface area contributed by atoms with E-state index in [1.807, 2.05) is 31.0 Å². The van der Waals surface area contributed by atoms with Gasteiger partial charge in [-0.05, 0) is 39.8 Å². The summed E-state index contributed by atoms with van der Waals surface area (Å²) < 4.78 is 23.8. The van der Waals surface area contributed by atoms with E-state index in [0.29, 0.717) is 19.6 Å². The van der Waals surface area contributed by atoms with Crippen molar-refractivity contribution in [3.05, 3.63) is 82.7 Å². The number of phenols is 4. The maximum absolute atomic E-state index is 14.6. The van der Waals surface area contributed by atoms with E-state index >= 15 is 0 Å². The molecule has 0 saturated carbocycles. The van der Waals surface area contributed by atoms with Gasteiger partial charge in [0.15, 0.2) is 5.75 Å². The minimum absolute atomic E-state index is 0.0346. The predicted octanol–water partition coefficient (Wildman–Crippen LogP) is 6.39. The highest BCUT2D eigenvalue weighted by Crippen LogP contribution is 2.55. The van der Waals surface area contributed by atoms with Crippen LogP contribution in [0.15, 0.2) is 65.5 Å². The number of carbonyl (C=O) groups excluding carboxylic acids is 3. The van der Waals surface area contributed by atoms with Gasteiger partial charge in [-0.3, -0.25) is 24.3 Å². The zero-order chi connectivity index (χ0) is 50.1. The summed E-state index contributed by atoms with van der Waals surface area (Å²) in [5.41, 5.74) is 0.274. The van der Waals surface area contributed by atoms with Gasteiger partial charge in [0, 0.05) is 86.3 Å². The van der Waals surface area contributed by atoms with Crippen molar-refractivity contribution in [2.75, 3.05) is 25.5 Å². The fraction of sp³-hybridized carbons (Fsp3) is 0.490. The van der Waals surface area contributed by atoms with Crippen LogP contribution >= 0.6 is 0 Å². The van der Waals surface area contributed by atoms with E-state index in [1.54, 1.807) is 52.0 Å². The average Bonchev–Trinajstić information content (AvgIpc) is 3.55. The van der Waals surface area contributed by atoms with Gasteiger partial charge in [-0.25, -0.2) is 0 Å². The molecule has 4 aliphatic heterocycles. The minimum atomic E-state index is -2.08. The summed E-state index contributed by atoms with van der Waals surface area (Å²) in [5, 5.41) is 78.4. The van der Waals surface area contributed by atoms with E-state index in [4.69, 9.17) is 24.0 Å². The monoisotopic (exact) mass is 942 g/mol. The summed E-state index contributed by atoms with van der Waals surface area (Å²) in [5.74, 6) is -8.45. The van der Waals surface area contributed by atoms with E-state index < -0.39 is 88.8 Å². The van der Waals surface area contributed by atoms with Crippen molar-refractivity contribution in [3.63, 3.8) is 0 Å². The first-order valence-corrected chi connectivity index (χ1v) is 22.9. The number of Topliss-reactive ketones (excluding diaryl/α,β-unsaturated/α-hetero) is 1. The Labute approximate surface area is 396 Å². The van der Waals surface area contributed by atoms with Gasteiger partial charge in [0.2, 0.25) is 0 Å². The molecule has 11 atom stereocenters. The Hall–Kier alpha value is -6.14. The van der Waals surface area contributed by atoms with Gasteiger partial charge in [-0.2, -0.15) is 5.10 Å². The Bertz CT molecular complexity index is 2530. The number of nitrogens with zero attached hydrogens (tertiary/aromatic N) is 3. The fourth-order valence-electron chi connectivity index (χ4n) is 9.66. The molecule has 17 heteroatoms. The number of ether oxygens (including phenoxy) is 4. The van der Waals surface area contributed by atoms with Gasteiger partial charge in [0.1, 0.15) is 29.1 Å². The number of carbonyl (C=O) groups is 3. The molecule has 7 N–H and O–H groups in total. The van der Waals surface area contributed by atoms with Crippen molar-refractivity contribution in [1.29, 1.82) is 0 Å². The van der Waals surface area contributed by atoms with E-state index in [0.717, 1.165) is 5.56 Å². The fourth-order valence-corrected chi connectivity index (χ4v) is 9.66. The molecule has 1 fully saturated rings. The summed E-state index contributed by atoms with van der Waals surface area (Å²) >= 11 is 0. The quantitative estimate of drug-likeness (QED) is 0.0614. The van der Waals surface area contributed by atoms with Crippen LogP contribution in [-0.4, -0.2) is 127 Å². The van der Waals surface area contributed by atoms with E-state index in [9.17, 15) is 45.0 Å². The van der Waals surface area contributed by atoms with E-state index in [1.165, 1.54) is 59.4 Å². The number of piperazine rings is 1. The molecule has 68 heavy (non-hydrogen) atoms. The van der Waals surface area contributed by atoms with E-state index in [2.05, 4.69) is 10.2 Å². The number of esters is 1. The SMILES string of the molecule is COC1C=COC2(C)Oc3c(C)c(O)c4c(O)c(c(/C=N/N5C(C)CN(Cc6ccccc6O)CC5C)c(O)c4c3C2=O)NC(=O)C(C)=CC=CC(C)C(O)C(C)C(O)C(C)C(OC(C)=O)C1C. The Morgan fingerprint density at radius 1 is 0.912 bits per heavy atom. The summed E-state index contributed by atoms with van der Waals surface area (Å²) in [7, 11) is 1.43. The third-order valence-corrected chi connectivity index (χ3v) is 13.7. The van der Waals surface area contributed by atoms with Gasteiger partial charge in [0.05, 0.1) is 65.1 Å². The molecule has 0 spiro atoms. The van der Waals surface area contributed by atoms with Crippen molar-refractivity contribution in [3.8, 4) is 28.7 Å². The molecule has 0 aromatic heterocycles. The van der Waals surface area contributed by atoms with Crippen LogP contribution in [0.3, 0.4) is 0 Å². The third kappa shape index (κ3) is 10.0. The molecular weight excluding hydrogens is 877 g/mol. The van der Waals surface area contributed by atoms with Crippen molar-refractivity contribution >= 4 is 40.3 Å². The zero-order valence-corrected chi connectivity index (χ0v) is 40.6. The average molecular weight is 943 g/mol. The second-order valence-electron chi connectivity index (χ2n) is 18.8. The number of aliphatic hydroxyl groups is 2. The van der Waals surface area contributed by atoms with E-state index in [-0.39, 0.29) is 62.3 Å². The maximum Gasteiger partial charge on any atom is 0.312 e. The van der Waals surface area contributed by atoms with Crippen molar-refractivity contribution in [1.82, 2.24) is 9.91 Å². The summed E-state index contributed by atoms with van der Waals surface area (Å²) in [6, 6.07) is 6.75. The van der Waals surface area contributed by atoms with Crippen molar-refractivity contribution < 1.29 is 64.0 Å². The lowest BCUT2D eigenvalue weighted by Gasteiger charge is -2.43. The molecule has 1 saturated heterocycles. The summed E-state index contributed by atoms with van der Waals surface area (Å²) in [4.78, 5) is 43.2. The molecule has 0 aliphatic carbocycles. The van der Waals surface area contributed by atoms with Gasteiger partial charge in [-0.15, -0.1) is 0 Å². The van der Waals surface area contributed by atoms with Crippen LogP contribution in [0.4, 0.5) is 5.69 Å². The molecular formula is C51H66N4O13. The van der Waals surface area contributed by atoms with Crippen LogP contribution in [0.5, 0.6) is 28.7 Å². The van der Waals surface area contributed by atoms with Crippen molar-refractivity contribution in [2.45, 2.75) is 118 Å². The van der Waals surface area contributed by atoms with Crippen LogP contribution in [-0.2, 0) is 30.3 Å². The first kappa shape index (κ1) is 51.3. The number of methoxy groups -OCH3 is 1. The number of rotatable bonds is 6. The number of hydrazone groups is 1. The minimum Gasteiger partial charge on any atom is -0.508 e. The molecule has 4 heterocycles. The predicted molar refractivity (Wildman–Crippen MR) is 256 cm³/mol. The normalized spacial score (nSPS) is 29.8. The lowest BCUT2D eigenvalue weighted by molar-refractivity contribution is -0.160. The summed E-state index contributed by atoms with van der Waals surface area (Å²) in [6.07, 6.45) is 4.75. The molecule has 7 rings (SSSR count). The topological polar surface area (TPSA) is 240 Å². The highest BCUT2D eigenvalue weighted by atomic mass is 16.7. The lowest BCUT2D eigenvalue weighted by atomic mass is 9.78. The zero-order valence-electron chi connectivity index (χ0n) is 40.6. The number of phenolic OH excluding ortho intramolecular Hbond substituents is 4. The molecule has 17 nitrogen and oxygen atoms in total. The molecule has 0 radical (unpaired) electrons. The summed E-state index contributed by atoms with van der Waals surface area (Å²) in [6.45, 7) is 18.0. The number of fused-ring (bicyclic) bond motifs is 14. The molecule has 3 aromatic rings. The number of nitrogens with one attached hydrogen (secondary N) is 1. The number of aromatic hydroxyl groups is 4. The number of aliphatic hydroxyl groups excluding tert-OH is 2. The molecule has 5 bridgehead atoms. The van der Waals surface area contributed by atoms with Gasteiger partial charge < -0.3 is 54.9 Å². The second-order valence-corrected chi connectivity index (χ2v) is 18.8. The Morgan fingerprint density at radius 2 is 1.57 bits per heavy atom. The number of para-hydroxylation sites is 1. The number of hydrogen-bond acceptors (Lipinski definition) is 16. The van der Waals surface area contributed by atoms with Crippen LogP contribution in [0, 0.1) is 30.6 Å². The number of hydrogen-bond donors (Lipinski definition) is 7. The molecule has 1 amide bonds.